The first kappa shape index (κ1) is 18.1. The van der Waals surface area contributed by atoms with Gasteiger partial charge < -0.3 is 14.3 Å². The summed E-state index contributed by atoms with van der Waals surface area (Å²) in [6.07, 6.45) is 1.18. The smallest absolute Gasteiger partial charge is 0.158 e. The van der Waals surface area contributed by atoms with Crippen molar-refractivity contribution in [1.29, 1.82) is 0 Å². The number of oxime groups is 1. The van der Waals surface area contributed by atoms with Crippen LogP contribution >= 0.6 is 11.6 Å². The largest absolute Gasteiger partial charge is 0.491 e. The van der Waals surface area contributed by atoms with Crippen LogP contribution in [0.4, 0.5) is 0 Å². The third-order valence-corrected chi connectivity index (χ3v) is 3.56. The molecule has 4 nitrogen and oxygen atoms in total. The van der Waals surface area contributed by atoms with Gasteiger partial charge in [0.15, 0.2) is 5.75 Å². The summed E-state index contributed by atoms with van der Waals surface area (Å²) in [6.45, 7) is 6.33. The minimum Gasteiger partial charge on any atom is -0.491 e. The number of hydrogen-bond acceptors (Lipinski definition) is 4. The van der Waals surface area contributed by atoms with Crippen molar-refractivity contribution in [3.05, 3.63) is 53.6 Å². The lowest BCUT2D eigenvalue weighted by molar-refractivity contribution is 0.217. The highest BCUT2D eigenvalue weighted by Crippen LogP contribution is 2.19. The van der Waals surface area contributed by atoms with Gasteiger partial charge in [-0.15, -0.1) is 0 Å². The number of halogens is 1. The molecule has 0 saturated carbocycles. The van der Waals surface area contributed by atoms with Crippen LogP contribution in [0.3, 0.4) is 0 Å². The second-order valence-electron chi connectivity index (χ2n) is 5.47. The van der Waals surface area contributed by atoms with Crippen molar-refractivity contribution in [3.8, 4) is 17.2 Å². The maximum Gasteiger partial charge on any atom is 0.158 e. The molecule has 0 radical (unpaired) electrons. The molecule has 2 rings (SSSR count). The molecule has 0 amide bonds. The van der Waals surface area contributed by atoms with Crippen LogP contribution in [0.2, 0.25) is 5.02 Å². The summed E-state index contributed by atoms with van der Waals surface area (Å²) in [7, 11) is 0. The normalized spacial score (nSPS) is 12.6. The van der Waals surface area contributed by atoms with Crippen molar-refractivity contribution >= 4 is 17.3 Å². The van der Waals surface area contributed by atoms with Gasteiger partial charge in [-0.1, -0.05) is 23.7 Å². The van der Waals surface area contributed by atoms with E-state index >= 15 is 0 Å². The van der Waals surface area contributed by atoms with Gasteiger partial charge in [-0.3, -0.25) is 0 Å². The van der Waals surface area contributed by atoms with Crippen LogP contribution in [0.5, 0.6) is 17.2 Å². The van der Waals surface area contributed by atoms with Crippen LogP contribution in [0.1, 0.15) is 27.2 Å². The molecule has 0 N–H and O–H groups in total. The maximum absolute atomic E-state index is 5.82. The Morgan fingerprint density at radius 3 is 2.21 bits per heavy atom. The number of benzene rings is 2. The fourth-order valence-electron chi connectivity index (χ4n) is 1.77. The molecule has 0 saturated heterocycles. The molecule has 0 bridgehead atoms. The van der Waals surface area contributed by atoms with Gasteiger partial charge in [-0.25, -0.2) is 0 Å². The van der Waals surface area contributed by atoms with E-state index in [-0.39, 0.29) is 6.10 Å². The lowest BCUT2D eigenvalue weighted by atomic mass is 10.3. The van der Waals surface area contributed by atoms with Gasteiger partial charge in [-0.2, -0.15) is 0 Å². The Balaban J connectivity index is 1.81. The highest BCUT2D eigenvalue weighted by molar-refractivity contribution is 6.30. The molecule has 0 aliphatic carbocycles. The van der Waals surface area contributed by atoms with E-state index in [1.807, 2.05) is 38.1 Å². The van der Waals surface area contributed by atoms with Crippen LogP contribution in [0.15, 0.2) is 53.7 Å². The molecule has 0 fully saturated rings. The predicted molar refractivity (Wildman–Crippen MR) is 97.5 cm³/mol. The molecular formula is C19H22ClNO3. The molecule has 0 aliphatic rings. The van der Waals surface area contributed by atoms with Crippen LogP contribution in [-0.2, 0) is 0 Å². The van der Waals surface area contributed by atoms with Crippen LogP contribution in [0, 0.1) is 0 Å². The minimum atomic E-state index is 0.205. The quantitative estimate of drug-likeness (QED) is 0.477. The summed E-state index contributed by atoms with van der Waals surface area (Å²) in [5, 5.41) is 4.69. The fraction of sp³-hybridized carbons (Fsp3) is 0.316. The zero-order valence-electron chi connectivity index (χ0n) is 14.2. The topological polar surface area (TPSA) is 40.0 Å². The SMILES string of the molecule is CCC(C)Oc1ccc(OCC(C)=NOc2ccc(Cl)cc2)cc1. The summed E-state index contributed by atoms with van der Waals surface area (Å²) < 4.78 is 11.4. The van der Waals surface area contributed by atoms with Crippen molar-refractivity contribution < 1.29 is 14.3 Å². The van der Waals surface area contributed by atoms with Gasteiger partial charge in [0, 0.05) is 5.02 Å². The summed E-state index contributed by atoms with van der Waals surface area (Å²) in [5.41, 5.74) is 0.727. The van der Waals surface area contributed by atoms with E-state index in [1.165, 1.54) is 0 Å². The van der Waals surface area contributed by atoms with E-state index in [2.05, 4.69) is 12.1 Å². The molecule has 2 aromatic rings. The Labute approximate surface area is 148 Å². The molecule has 24 heavy (non-hydrogen) atoms. The van der Waals surface area contributed by atoms with E-state index in [0.717, 1.165) is 23.6 Å². The number of hydrogen-bond donors (Lipinski definition) is 0. The lowest BCUT2D eigenvalue weighted by Crippen LogP contribution is -2.10. The number of ether oxygens (including phenoxy) is 2. The minimum absolute atomic E-state index is 0.205. The van der Waals surface area contributed by atoms with Crippen LogP contribution in [-0.4, -0.2) is 18.4 Å². The Bertz CT molecular complexity index is 653. The van der Waals surface area contributed by atoms with Gasteiger partial charge in [0.2, 0.25) is 0 Å². The molecule has 1 atom stereocenters. The maximum atomic E-state index is 5.82. The first-order valence-corrected chi connectivity index (χ1v) is 8.30. The van der Waals surface area contributed by atoms with Gasteiger partial charge in [0.25, 0.3) is 0 Å². The first-order valence-electron chi connectivity index (χ1n) is 7.92. The third kappa shape index (κ3) is 6.13. The average Bonchev–Trinajstić information content (AvgIpc) is 2.60. The Morgan fingerprint density at radius 2 is 1.58 bits per heavy atom. The fourth-order valence-corrected chi connectivity index (χ4v) is 1.90. The molecule has 2 aromatic carbocycles. The second-order valence-corrected chi connectivity index (χ2v) is 5.91. The summed E-state index contributed by atoms with van der Waals surface area (Å²) >= 11 is 5.82. The van der Waals surface area contributed by atoms with Crippen LogP contribution < -0.4 is 14.3 Å². The Morgan fingerprint density at radius 1 is 1.00 bits per heavy atom. The molecule has 0 spiro atoms. The summed E-state index contributed by atoms with van der Waals surface area (Å²) in [4.78, 5) is 5.32. The van der Waals surface area contributed by atoms with Crippen LogP contribution in [0.25, 0.3) is 0 Å². The lowest BCUT2D eigenvalue weighted by Gasteiger charge is -2.13. The monoisotopic (exact) mass is 347 g/mol. The standard InChI is InChI=1S/C19H22ClNO3/c1-4-15(3)23-18-11-9-17(10-12-18)22-13-14(2)21-24-19-7-5-16(20)6-8-19/h5-12,15H,4,13H2,1-3H3. The molecule has 0 heterocycles. The van der Waals surface area contributed by atoms with Crippen molar-refractivity contribution in [2.24, 2.45) is 5.16 Å². The number of rotatable bonds is 8. The summed E-state index contributed by atoms with van der Waals surface area (Å²) in [5.74, 6) is 2.23. The predicted octanol–water partition coefficient (Wildman–Crippen LogP) is 5.35. The zero-order chi connectivity index (χ0) is 17.4. The molecule has 1 unspecified atom stereocenters. The van der Waals surface area contributed by atoms with Crippen molar-refractivity contribution in [3.63, 3.8) is 0 Å². The Hall–Kier alpha value is -2.20. The molecule has 5 heteroatoms. The van der Waals surface area contributed by atoms with Gasteiger partial charge in [0.05, 0.1) is 11.8 Å². The van der Waals surface area contributed by atoms with E-state index < -0.39 is 0 Å². The molecular weight excluding hydrogens is 326 g/mol. The molecule has 0 aromatic heterocycles. The highest BCUT2D eigenvalue weighted by Gasteiger charge is 2.02. The van der Waals surface area contributed by atoms with Crippen molar-refractivity contribution in [1.82, 2.24) is 0 Å². The molecule has 128 valence electrons. The Kier molecular flexibility index (Phi) is 6.94. The van der Waals surface area contributed by atoms with Crippen molar-refractivity contribution in [2.75, 3.05) is 6.61 Å². The third-order valence-electron chi connectivity index (χ3n) is 3.30. The van der Waals surface area contributed by atoms with E-state index in [0.29, 0.717) is 17.4 Å². The number of nitrogens with zero attached hydrogens (tertiary/aromatic N) is 1. The average molecular weight is 348 g/mol. The van der Waals surface area contributed by atoms with Gasteiger partial charge in [0.1, 0.15) is 18.1 Å². The van der Waals surface area contributed by atoms with E-state index in [1.54, 1.807) is 24.3 Å². The van der Waals surface area contributed by atoms with Gasteiger partial charge >= 0.3 is 0 Å². The second kappa shape index (κ2) is 9.18. The highest BCUT2D eigenvalue weighted by atomic mass is 35.5. The van der Waals surface area contributed by atoms with E-state index in [4.69, 9.17) is 25.9 Å². The summed E-state index contributed by atoms with van der Waals surface area (Å²) in [6, 6.07) is 14.6. The van der Waals surface area contributed by atoms with Gasteiger partial charge in [-0.05, 0) is 68.8 Å². The van der Waals surface area contributed by atoms with E-state index in [9.17, 15) is 0 Å². The first-order chi connectivity index (χ1) is 11.6. The molecule has 0 aliphatic heterocycles. The zero-order valence-corrected chi connectivity index (χ0v) is 14.9. The van der Waals surface area contributed by atoms with Crippen molar-refractivity contribution in [2.45, 2.75) is 33.3 Å².